The van der Waals surface area contributed by atoms with Crippen molar-refractivity contribution >= 4 is 52.3 Å². The molecule has 222 valence electrons. The highest BCUT2D eigenvalue weighted by Crippen LogP contribution is 2.25. The Hall–Kier alpha value is -5.01. The van der Waals surface area contributed by atoms with Crippen LogP contribution in [-0.2, 0) is 33.4 Å². The monoisotopic (exact) mass is 582 g/mol. The standard InChI is InChI=1S/C28H30N4O10/c1-41-28(40)30-19-11-12-23(34)31-13-5-10-21(32(31)26(19)38)25(37)29-20(14-24(35)36)22(33)15-42-27(39)18-9-4-7-16-6-2-3-8-17(16)18/h2-4,6-9,19-21H,5,10-15H2,1H3,(H,29,37)(H,30,40)(H,35,36)/t19-,20-,21-/m0/s1. The number of aliphatic carboxylic acids is 1. The van der Waals surface area contributed by atoms with Crippen LogP contribution in [0.5, 0.6) is 0 Å². The van der Waals surface area contributed by atoms with Gasteiger partial charge in [-0.05, 0) is 36.1 Å². The van der Waals surface area contributed by atoms with E-state index in [1.807, 2.05) is 0 Å². The number of hydrogen-bond acceptors (Lipinski definition) is 9. The van der Waals surface area contributed by atoms with Gasteiger partial charge in [-0.2, -0.15) is 0 Å². The van der Waals surface area contributed by atoms with Gasteiger partial charge >= 0.3 is 18.0 Å². The molecule has 2 saturated heterocycles. The van der Waals surface area contributed by atoms with Crippen LogP contribution < -0.4 is 10.6 Å². The summed E-state index contributed by atoms with van der Waals surface area (Å²) in [5, 5.41) is 17.6. The van der Waals surface area contributed by atoms with E-state index in [1.165, 1.54) is 6.07 Å². The average Bonchev–Trinajstić information content (AvgIpc) is 3.10. The molecule has 0 aromatic heterocycles. The van der Waals surface area contributed by atoms with Crippen LogP contribution in [0.3, 0.4) is 0 Å². The molecule has 4 rings (SSSR count). The molecule has 0 saturated carbocycles. The lowest BCUT2D eigenvalue weighted by Gasteiger charge is -2.43. The van der Waals surface area contributed by atoms with Gasteiger partial charge in [-0.3, -0.25) is 29.0 Å². The van der Waals surface area contributed by atoms with E-state index in [-0.39, 0.29) is 31.4 Å². The summed E-state index contributed by atoms with van der Waals surface area (Å²) in [5.74, 6) is -5.12. The van der Waals surface area contributed by atoms with Crippen LogP contribution in [0.4, 0.5) is 4.79 Å². The molecular weight excluding hydrogens is 552 g/mol. The van der Waals surface area contributed by atoms with E-state index in [0.29, 0.717) is 11.8 Å². The van der Waals surface area contributed by atoms with Crippen LogP contribution in [-0.4, -0.2) is 95.0 Å². The zero-order valence-electron chi connectivity index (χ0n) is 22.7. The van der Waals surface area contributed by atoms with E-state index >= 15 is 0 Å². The van der Waals surface area contributed by atoms with Crippen molar-refractivity contribution in [2.75, 3.05) is 20.3 Å². The van der Waals surface area contributed by atoms with Crippen LogP contribution in [0.25, 0.3) is 10.8 Å². The highest BCUT2D eigenvalue weighted by atomic mass is 16.5. The predicted molar refractivity (Wildman–Crippen MR) is 144 cm³/mol. The number of alkyl carbamates (subject to hydrolysis) is 1. The number of ether oxygens (including phenoxy) is 2. The SMILES string of the molecule is COC(=O)N[C@H]1CCC(=O)N2CCC[C@@H](C(=O)N[C@@H](CC(=O)O)C(=O)COC(=O)c3cccc4ccccc34)N2C1=O. The molecule has 14 nitrogen and oxygen atoms in total. The molecular formula is C28H30N4O10. The van der Waals surface area contributed by atoms with Crippen LogP contribution in [0.1, 0.15) is 42.5 Å². The first kappa shape index (κ1) is 30.0. The zero-order valence-corrected chi connectivity index (χ0v) is 22.7. The van der Waals surface area contributed by atoms with Gasteiger partial charge in [0.15, 0.2) is 12.4 Å². The fraction of sp³-hybridized carbons (Fsp3) is 0.393. The summed E-state index contributed by atoms with van der Waals surface area (Å²) in [4.78, 5) is 88.6. The Bertz CT molecular complexity index is 1420. The quantitative estimate of drug-likeness (QED) is 0.356. The summed E-state index contributed by atoms with van der Waals surface area (Å²) in [7, 11) is 1.12. The van der Waals surface area contributed by atoms with Crippen LogP contribution in [0, 0.1) is 0 Å². The number of benzene rings is 2. The number of carboxylic acids is 1. The Morgan fingerprint density at radius 3 is 2.52 bits per heavy atom. The van der Waals surface area contributed by atoms with Crippen molar-refractivity contribution in [1.29, 1.82) is 0 Å². The van der Waals surface area contributed by atoms with Crippen molar-refractivity contribution in [1.82, 2.24) is 20.7 Å². The average molecular weight is 583 g/mol. The number of esters is 1. The van der Waals surface area contributed by atoms with Crippen molar-refractivity contribution in [3.63, 3.8) is 0 Å². The molecule has 4 amide bonds. The molecule has 2 fully saturated rings. The fourth-order valence-corrected chi connectivity index (χ4v) is 5.01. The summed E-state index contributed by atoms with van der Waals surface area (Å²) in [5.41, 5.74) is 0.210. The molecule has 0 radical (unpaired) electrons. The highest BCUT2D eigenvalue weighted by Gasteiger charge is 2.45. The van der Waals surface area contributed by atoms with Gasteiger partial charge in [0.1, 0.15) is 18.1 Å². The Morgan fingerprint density at radius 1 is 1.05 bits per heavy atom. The number of hydrogen-bond donors (Lipinski definition) is 3. The molecule has 0 spiro atoms. The van der Waals surface area contributed by atoms with E-state index in [1.54, 1.807) is 36.4 Å². The second kappa shape index (κ2) is 13.1. The van der Waals surface area contributed by atoms with E-state index in [9.17, 15) is 38.7 Å². The number of carboxylic acid groups (broad SMARTS) is 1. The van der Waals surface area contributed by atoms with Gasteiger partial charge in [-0.1, -0.05) is 36.4 Å². The van der Waals surface area contributed by atoms with Crippen molar-refractivity contribution in [3.8, 4) is 0 Å². The van der Waals surface area contributed by atoms with Gasteiger partial charge in [0.25, 0.3) is 5.91 Å². The van der Waals surface area contributed by atoms with Crippen molar-refractivity contribution < 1.29 is 48.1 Å². The van der Waals surface area contributed by atoms with Crippen LogP contribution >= 0.6 is 0 Å². The Labute approximate surface area is 239 Å². The molecule has 2 aliphatic heterocycles. The normalized spacial score (nSPS) is 19.3. The minimum Gasteiger partial charge on any atom is -0.481 e. The maximum Gasteiger partial charge on any atom is 0.407 e. The molecule has 0 unspecified atom stereocenters. The maximum atomic E-state index is 13.4. The maximum absolute atomic E-state index is 13.4. The topological polar surface area (TPSA) is 189 Å². The predicted octanol–water partition coefficient (Wildman–Crippen LogP) is 0.778. The first-order valence-corrected chi connectivity index (χ1v) is 13.3. The Morgan fingerprint density at radius 2 is 1.79 bits per heavy atom. The minimum absolute atomic E-state index is 0.0176. The number of carbonyl (C=O) groups is 7. The smallest absolute Gasteiger partial charge is 0.407 e. The third-order valence-corrected chi connectivity index (χ3v) is 7.08. The molecule has 2 aliphatic rings. The summed E-state index contributed by atoms with van der Waals surface area (Å²) in [6.07, 6.45) is -1.34. The van der Waals surface area contributed by atoms with E-state index < -0.39 is 72.7 Å². The second-order valence-electron chi connectivity index (χ2n) is 9.81. The molecule has 3 atom stereocenters. The molecule has 3 N–H and O–H groups in total. The lowest BCUT2D eigenvalue weighted by molar-refractivity contribution is -0.176. The van der Waals surface area contributed by atoms with Crippen molar-refractivity contribution in [2.45, 2.75) is 50.2 Å². The largest absolute Gasteiger partial charge is 0.481 e. The number of ketones is 1. The van der Waals surface area contributed by atoms with Crippen molar-refractivity contribution in [3.05, 3.63) is 48.0 Å². The third-order valence-electron chi connectivity index (χ3n) is 7.08. The molecule has 0 aliphatic carbocycles. The van der Waals surface area contributed by atoms with Gasteiger partial charge < -0.3 is 25.2 Å². The Kier molecular flexibility index (Phi) is 9.35. The lowest BCUT2D eigenvalue weighted by Crippen LogP contribution is -2.64. The number of rotatable bonds is 9. The molecule has 2 heterocycles. The number of amides is 4. The van der Waals surface area contributed by atoms with Gasteiger partial charge in [-0.15, -0.1) is 0 Å². The van der Waals surface area contributed by atoms with Crippen LogP contribution in [0.15, 0.2) is 42.5 Å². The van der Waals surface area contributed by atoms with E-state index in [4.69, 9.17) is 4.74 Å². The van der Waals surface area contributed by atoms with Crippen LogP contribution in [0.2, 0.25) is 0 Å². The zero-order chi connectivity index (χ0) is 30.4. The number of nitrogens with zero attached hydrogens (tertiary/aromatic N) is 2. The number of methoxy groups -OCH3 is 1. The number of hydrazine groups is 1. The minimum atomic E-state index is -1.59. The van der Waals surface area contributed by atoms with E-state index in [2.05, 4.69) is 15.4 Å². The van der Waals surface area contributed by atoms with E-state index in [0.717, 1.165) is 22.5 Å². The third kappa shape index (κ3) is 6.65. The number of nitrogens with one attached hydrogen (secondary N) is 2. The number of carbonyl (C=O) groups excluding carboxylic acids is 6. The summed E-state index contributed by atoms with van der Waals surface area (Å²) in [6, 6.07) is 8.05. The fourth-order valence-electron chi connectivity index (χ4n) is 5.01. The van der Waals surface area contributed by atoms with Gasteiger partial charge in [0.05, 0.1) is 19.1 Å². The molecule has 2 aromatic carbocycles. The second-order valence-corrected chi connectivity index (χ2v) is 9.81. The van der Waals surface area contributed by atoms with Gasteiger partial charge in [0, 0.05) is 13.0 Å². The van der Waals surface area contributed by atoms with Gasteiger partial charge in [0.2, 0.25) is 11.8 Å². The first-order chi connectivity index (χ1) is 20.1. The summed E-state index contributed by atoms with van der Waals surface area (Å²) < 4.78 is 9.74. The van der Waals surface area contributed by atoms with Gasteiger partial charge in [-0.25, -0.2) is 14.6 Å². The van der Waals surface area contributed by atoms with Crippen molar-refractivity contribution in [2.24, 2.45) is 0 Å². The summed E-state index contributed by atoms with van der Waals surface area (Å²) in [6.45, 7) is -0.662. The summed E-state index contributed by atoms with van der Waals surface area (Å²) >= 11 is 0. The molecule has 14 heteroatoms. The molecule has 0 bridgehead atoms. The molecule has 2 aromatic rings. The highest BCUT2D eigenvalue weighted by molar-refractivity contribution is 6.05. The first-order valence-electron chi connectivity index (χ1n) is 13.3. The number of fused-ring (bicyclic) bond motifs is 2. The molecule has 42 heavy (non-hydrogen) atoms. The number of Topliss-reactive ketones (excluding diaryl/α,β-unsaturated/α-hetero) is 1. The lowest BCUT2D eigenvalue weighted by atomic mass is 10.0. The Balaban J connectivity index is 1.48.